The molecule has 1 N–H and O–H groups in total. The molecule has 0 fully saturated rings. The zero-order valence-electron chi connectivity index (χ0n) is 9.90. The van der Waals surface area contributed by atoms with Crippen LogP contribution in [0.5, 0.6) is 0 Å². The van der Waals surface area contributed by atoms with E-state index in [4.69, 9.17) is 5.11 Å². The first kappa shape index (κ1) is 12.1. The van der Waals surface area contributed by atoms with Crippen molar-refractivity contribution in [1.29, 1.82) is 0 Å². The molecule has 0 aliphatic rings. The van der Waals surface area contributed by atoms with Crippen molar-refractivity contribution >= 4 is 5.69 Å². The molecule has 1 aromatic carbocycles. The van der Waals surface area contributed by atoms with Gasteiger partial charge in [-0.1, -0.05) is 25.1 Å². The van der Waals surface area contributed by atoms with E-state index in [1.165, 1.54) is 11.3 Å². The van der Waals surface area contributed by atoms with Crippen molar-refractivity contribution in [2.75, 3.05) is 25.1 Å². The number of rotatable bonds is 5. The van der Waals surface area contributed by atoms with E-state index >= 15 is 0 Å². The lowest BCUT2D eigenvalue weighted by atomic mass is 10.1. The lowest BCUT2D eigenvalue weighted by molar-refractivity contribution is 0.225. The number of anilines is 1. The van der Waals surface area contributed by atoms with Crippen LogP contribution in [-0.2, 0) is 0 Å². The molecule has 1 aromatic rings. The van der Waals surface area contributed by atoms with Crippen molar-refractivity contribution in [1.82, 2.24) is 0 Å². The van der Waals surface area contributed by atoms with Gasteiger partial charge in [-0.3, -0.25) is 0 Å². The van der Waals surface area contributed by atoms with Crippen LogP contribution in [0.1, 0.15) is 18.9 Å². The lowest BCUT2D eigenvalue weighted by Crippen LogP contribution is -2.27. The van der Waals surface area contributed by atoms with Gasteiger partial charge in [0.05, 0.1) is 0 Å². The van der Waals surface area contributed by atoms with Crippen molar-refractivity contribution in [3.05, 3.63) is 29.8 Å². The molecule has 0 spiro atoms. The maximum absolute atomic E-state index is 9.16. The number of nitrogens with zero attached hydrogens (tertiary/aromatic N) is 1. The first-order valence-corrected chi connectivity index (χ1v) is 5.56. The van der Waals surface area contributed by atoms with Gasteiger partial charge in [0.2, 0.25) is 0 Å². The van der Waals surface area contributed by atoms with Gasteiger partial charge in [-0.05, 0) is 30.9 Å². The van der Waals surface area contributed by atoms with Crippen LogP contribution in [0.3, 0.4) is 0 Å². The Morgan fingerprint density at radius 1 is 1.33 bits per heavy atom. The molecule has 0 amide bonds. The highest BCUT2D eigenvalue weighted by Crippen LogP contribution is 2.19. The van der Waals surface area contributed by atoms with Gasteiger partial charge in [0, 0.05) is 25.9 Å². The van der Waals surface area contributed by atoms with E-state index in [2.05, 4.69) is 50.1 Å². The fraction of sp³-hybridized carbons (Fsp3) is 0.538. The van der Waals surface area contributed by atoms with E-state index in [-0.39, 0.29) is 6.61 Å². The second-order valence-corrected chi connectivity index (χ2v) is 4.12. The van der Waals surface area contributed by atoms with Gasteiger partial charge in [-0.15, -0.1) is 0 Å². The largest absolute Gasteiger partial charge is 0.396 e. The van der Waals surface area contributed by atoms with E-state index in [1.54, 1.807) is 0 Å². The summed E-state index contributed by atoms with van der Waals surface area (Å²) in [5, 5.41) is 9.16. The van der Waals surface area contributed by atoms with Gasteiger partial charge in [0.1, 0.15) is 0 Å². The zero-order chi connectivity index (χ0) is 11.3. The summed E-state index contributed by atoms with van der Waals surface area (Å²) in [7, 11) is 2.08. The van der Waals surface area contributed by atoms with Crippen molar-refractivity contribution < 1.29 is 5.11 Å². The molecule has 0 aromatic heterocycles. The van der Waals surface area contributed by atoms with Crippen molar-refractivity contribution in [3.8, 4) is 0 Å². The van der Waals surface area contributed by atoms with Crippen LogP contribution in [-0.4, -0.2) is 25.3 Å². The highest BCUT2D eigenvalue weighted by Gasteiger charge is 2.10. The van der Waals surface area contributed by atoms with Gasteiger partial charge in [-0.25, -0.2) is 0 Å². The Kier molecular flexibility index (Phi) is 4.63. The predicted molar refractivity (Wildman–Crippen MR) is 65.3 cm³/mol. The van der Waals surface area contributed by atoms with Crippen LogP contribution in [0.4, 0.5) is 5.69 Å². The van der Waals surface area contributed by atoms with Crippen LogP contribution in [0.25, 0.3) is 0 Å². The summed E-state index contributed by atoms with van der Waals surface area (Å²) in [4.78, 5) is 2.22. The average molecular weight is 207 g/mol. The molecule has 0 aliphatic heterocycles. The van der Waals surface area contributed by atoms with Gasteiger partial charge in [0.25, 0.3) is 0 Å². The van der Waals surface area contributed by atoms with Crippen LogP contribution in [0.2, 0.25) is 0 Å². The molecule has 1 atom stereocenters. The minimum absolute atomic E-state index is 0.271. The Balaban J connectivity index is 2.68. The average Bonchev–Trinajstić information content (AvgIpc) is 2.26. The predicted octanol–water partition coefficient (Wildman–Crippen LogP) is 2.45. The summed E-state index contributed by atoms with van der Waals surface area (Å²) in [5.74, 6) is 0.370. The summed E-state index contributed by atoms with van der Waals surface area (Å²) >= 11 is 0. The lowest BCUT2D eigenvalue weighted by Gasteiger charge is -2.25. The van der Waals surface area contributed by atoms with Crippen molar-refractivity contribution in [2.45, 2.75) is 20.3 Å². The Hall–Kier alpha value is -1.02. The SMILES string of the molecule is CCC(CO)CN(C)c1ccccc1C. The number of benzene rings is 1. The minimum atomic E-state index is 0.271. The van der Waals surface area contributed by atoms with Gasteiger partial charge >= 0.3 is 0 Å². The van der Waals surface area contributed by atoms with Gasteiger partial charge < -0.3 is 10.0 Å². The summed E-state index contributed by atoms with van der Waals surface area (Å²) < 4.78 is 0. The molecule has 1 unspecified atom stereocenters. The maximum Gasteiger partial charge on any atom is 0.0476 e. The number of aliphatic hydroxyl groups is 1. The highest BCUT2D eigenvalue weighted by atomic mass is 16.3. The van der Waals surface area contributed by atoms with Crippen LogP contribution >= 0.6 is 0 Å². The van der Waals surface area contributed by atoms with E-state index in [9.17, 15) is 0 Å². The molecule has 0 aliphatic carbocycles. The molecule has 0 saturated carbocycles. The van der Waals surface area contributed by atoms with E-state index in [0.717, 1.165) is 13.0 Å². The second-order valence-electron chi connectivity index (χ2n) is 4.12. The summed E-state index contributed by atoms with van der Waals surface area (Å²) in [6, 6.07) is 8.35. The Labute approximate surface area is 92.5 Å². The molecular formula is C13H21NO. The second kappa shape index (κ2) is 5.76. The van der Waals surface area contributed by atoms with Crippen molar-refractivity contribution in [3.63, 3.8) is 0 Å². The molecule has 0 bridgehead atoms. The quantitative estimate of drug-likeness (QED) is 0.801. The third kappa shape index (κ3) is 3.24. The van der Waals surface area contributed by atoms with E-state index in [0.29, 0.717) is 5.92 Å². The number of hydrogen-bond acceptors (Lipinski definition) is 2. The van der Waals surface area contributed by atoms with Crippen molar-refractivity contribution in [2.24, 2.45) is 5.92 Å². The number of hydrogen-bond donors (Lipinski definition) is 1. The van der Waals surface area contributed by atoms with Gasteiger partial charge in [0.15, 0.2) is 0 Å². The third-order valence-corrected chi connectivity index (χ3v) is 2.89. The van der Waals surface area contributed by atoms with Crippen LogP contribution in [0.15, 0.2) is 24.3 Å². The van der Waals surface area contributed by atoms with E-state index < -0.39 is 0 Å². The number of aryl methyl sites for hydroxylation is 1. The monoisotopic (exact) mass is 207 g/mol. The Morgan fingerprint density at radius 2 is 2.00 bits per heavy atom. The van der Waals surface area contributed by atoms with Crippen LogP contribution < -0.4 is 4.90 Å². The molecule has 0 heterocycles. The topological polar surface area (TPSA) is 23.5 Å². The molecule has 0 saturated heterocycles. The van der Waals surface area contributed by atoms with Gasteiger partial charge in [-0.2, -0.15) is 0 Å². The first-order valence-electron chi connectivity index (χ1n) is 5.56. The Morgan fingerprint density at radius 3 is 2.53 bits per heavy atom. The molecule has 15 heavy (non-hydrogen) atoms. The minimum Gasteiger partial charge on any atom is -0.396 e. The number of aliphatic hydroxyl groups excluding tert-OH is 1. The summed E-state index contributed by atoms with van der Waals surface area (Å²) in [5.41, 5.74) is 2.54. The summed E-state index contributed by atoms with van der Waals surface area (Å²) in [6.45, 7) is 5.42. The number of para-hydroxylation sites is 1. The molecule has 1 rings (SSSR count). The highest BCUT2D eigenvalue weighted by molar-refractivity contribution is 5.52. The molecule has 0 radical (unpaired) electrons. The fourth-order valence-electron chi connectivity index (χ4n) is 1.79. The molecular weight excluding hydrogens is 186 g/mol. The standard InChI is InChI=1S/C13H21NO/c1-4-12(10-15)9-14(3)13-8-6-5-7-11(13)2/h5-8,12,15H,4,9-10H2,1-3H3. The first-order chi connectivity index (χ1) is 7.19. The van der Waals surface area contributed by atoms with E-state index in [1.807, 2.05) is 0 Å². The zero-order valence-corrected chi connectivity index (χ0v) is 9.90. The molecule has 2 nitrogen and oxygen atoms in total. The third-order valence-electron chi connectivity index (χ3n) is 2.89. The maximum atomic E-state index is 9.16. The summed E-state index contributed by atoms with van der Waals surface area (Å²) in [6.07, 6.45) is 1.02. The fourth-order valence-corrected chi connectivity index (χ4v) is 1.79. The normalized spacial score (nSPS) is 12.5. The Bertz CT molecular complexity index is 294. The molecule has 84 valence electrons. The van der Waals surface area contributed by atoms with Crippen LogP contribution in [0, 0.1) is 12.8 Å². The smallest absolute Gasteiger partial charge is 0.0476 e. The molecule has 2 heteroatoms.